The van der Waals surface area contributed by atoms with Gasteiger partial charge in [-0.25, -0.2) is 12.8 Å². The van der Waals surface area contributed by atoms with E-state index in [1.165, 1.54) is 6.07 Å². The van der Waals surface area contributed by atoms with Crippen LogP contribution >= 0.6 is 0 Å². The zero-order valence-corrected chi connectivity index (χ0v) is 14.4. The highest BCUT2D eigenvalue weighted by molar-refractivity contribution is 7.91. The number of sulfone groups is 1. The Hall–Kier alpha value is -1.63. The molecule has 2 atom stereocenters. The molecule has 1 fully saturated rings. The van der Waals surface area contributed by atoms with Crippen LogP contribution in [-0.4, -0.2) is 40.0 Å². The Bertz CT molecular complexity index is 687. The number of halogens is 1. The van der Waals surface area contributed by atoms with E-state index in [-0.39, 0.29) is 23.8 Å². The molecule has 7 heteroatoms. The summed E-state index contributed by atoms with van der Waals surface area (Å²) in [5.74, 6) is -0.973. The van der Waals surface area contributed by atoms with Gasteiger partial charge in [0.2, 0.25) is 0 Å². The first-order chi connectivity index (χ1) is 10.7. The summed E-state index contributed by atoms with van der Waals surface area (Å²) in [6.45, 7) is 1.62. The van der Waals surface area contributed by atoms with Gasteiger partial charge in [0.15, 0.2) is 9.84 Å². The van der Waals surface area contributed by atoms with Crippen LogP contribution in [0.5, 0.6) is 0 Å². The van der Waals surface area contributed by atoms with Crippen molar-refractivity contribution >= 4 is 21.5 Å². The third kappa shape index (κ3) is 4.43. The lowest BCUT2D eigenvalue weighted by molar-refractivity contribution is -0.149. The first-order valence-corrected chi connectivity index (χ1v) is 9.37. The van der Waals surface area contributed by atoms with E-state index in [0.717, 1.165) is 0 Å². The zero-order chi connectivity index (χ0) is 17.2. The lowest BCUT2D eigenvalue weighted by Crippen LogP contribution is -2.18. The summed E-state index contributed by atoms with van der Waals surface area (Å²) >= 11 is 0. The number of rotatable bonds is 5. The van der Waals surface area contributed by atoms with Crippen LogP contribution in [0.4, 0.5) is 10.1 Å². The molecular weight excluding hydrogens is 321 g/mol. The summed E-state index contributed by atoms with van der Waals surface area (Å²) in [5, 5.41) is 0. The number of anilines is 1. The molecule has 1 aromatic rings. The predicted molar refractivity (Wildman–Crippen MR) is 86.6 cm³/mol. The molecule has 1 aliphatic rings. The van der Waals surface area contributed by atoms with E-state index in [0.29, 0.717) is 17.7 Å². The summed E-state index contributed by atoms with van der Waals surface area (Å²) in [7, 11) is 0.555. The molecule has 0 saturated carbocycles. The van der Waals surface area contributed by atoms with Crippen molar-refractivity contribution < 1.29 is 22.3 Å². The van der Waals surface area contributed by atoms with Gasteiger partial charge in [0, 0.05) is 26.2 Å². The van der Waals surface area contributed by atoms with Crippen molar-refractivity contribution in [1.29, 1.82) is 0 Å². The number of ether oxygens (including phenoxy) is 1. The Balaban J connectivity index is 2.05. The first-order valence-electron chi connectivity index (χ1n) is 7.55. The topological polar surface area (TPSA) is 63.7 Å². The van der Waals surface area contributed by atoms with Crippen molar-refractivity contribution in [3.8, 4) is 0 Å². The van der Waals surface area contributed by atoms with Crippen LogP contribution < -0.4 is 4.90 Å². The minimum Gasteiger partial charge on any atom is -0.458 e. The molecule has 1 aliphatic heterocycles. The average molecular weight is 343 g/mol. The average Bonchev–Trinajstić information content (AvgIpc) is 2.76. The van der Waals surface area contributed by atoms with Crippen molar-refractivity contribution in [2.75, 3.05) is 30.5 Å². The molecule has 23 heavy (non-hydrogen) atoms. The fourth-order valence-electron chi connectivity index (χ4n) is 2.89. The molecule has 2 rings (SSSR count). The Morgan fingerprint density at radius 3 is 2.70 bits per heavy atom. The maximum atomic E-state index is 14.1. The lowest BCUT2D eigenvalue weighted by atomic mass is 10.0. The maximum absolute atomic E-state index is 14.1. The standard InChI is InChI=1S/C16H22FNO4S/c1-11(16-13(17)5-4-6-14(16)18(2)3)22-15(19)9-12-7-8-23(20,21)10-12/h4-6,11-12H,7-10H2,1-3H3/t11-,12+/m0/s1. The van der Waals surface area contributed by atoms with Crippen molar-refractivity contribution in [3.63, 3.8) is 0 Å². The molecule has 1 aromatic carbocycles. The fraction of sp³-hybridized carbons (Fsp3) is 0.562. The first kappa shape index (κ1) is 17.7. The third-order valence-electron chi connectivity index (χ3n) is 4.01. The Kier molecular flexibility index (Phi) is 5.29. The number of hydrogen-bond donors (Lipinski definition) is 0. The van der Waals surface area contributed by atoms with Gasteiger partial charge in [-0.15, -0.1) is 0 Å². The van der Waals surface area contributed by atoms with Gasteiger partial charge in [0.05, 0.1) is 17.1 Å². The number of esters is 1. The van der Waals surface area contributed by atoms with Gasteiger partial charge in [0.1, 0.15) is 11.9 Å². The predicted octanol–water partition coefficient (Wildman–Crippen LogP) is 2.32. The van der Waals surface area contributed by atoms with Crippen molar-refractivity contribution in [1.82, 2.24) is 0 Å². The molecular formula is C16H22FNO4S. The monoisotopic (exact) mass is 343 g/mol. The lowest BCUT2D eigenvalue weighted by Gasteiger charge is -2.22. The van der Waals surface area contributed by atoms with Gasteiger partial charge in [-0.1, -0.05) is 6.07 Å². The molecule has 0 unspecified atom stereocenters. The highest BCUT2D eigenvalue weighted by Crippen LogP contribution is 2.31. The summed E-state index contributed by atoms with van der Waals surface area (Å²) in [4.78, 5) is 13.8. The number of hydrogen-bond acceptors (Lipinski definition) is 5. The van der Waals surface area contributed by atoms with Gasteiger partial charge in [-0.2, -0.15) is 0 Å². The highest BCUT2D eigenvalue weighted by Gasteiger charge is 2.30. The van der Waals surface area contributed by atoms with Crippen molar-refractivity contribution in [3.05, 3.63) is 29.6 Å². The van der Waals surface area contributed by atoms with Crippen LogP contribution in [0.3, 0.4) is 0 Å². The van der Waals surface area contributed by atoms with Crippen molar-refractivity contribution in [2.24, 2.45) is 5.92 Å². The molecule has 0 N–H and O–H groups in total. The van der Waals surface area contributed by atoms with E-state index in [2.05, 4.69) is 0 Å². The van der Waals surface area contributed by atoms with Gasteiger partial charge in [0.25, 0.3) is 0 Å². The zero-order valence-electron chi connectivity index (χ0n) is 13.6. The molecule has 0 radical (unpaired) electrons. The minimum absolute atomic E-state index is 0.0269. The van der Waals surface area contributed by atoms with E-state index in [1.807, 2.05) is 0 Å². The van der Waals surface area contributed by atoms with E-state index in [9.17, 15) is 17.6 Å². The Morgan fingerprint density at radius 1 is 1.43 bits per heavy atom. The largest absolute Gasteiger partial charge is 0.458 e. The smallest absolute Gasteiger partial charge is 0.306 e. The number of nitrogens with zero attached hydrogens (tertiary/aromatic N) is 1. The summed E-state index contributed by atoms with van der Waals surface area (Å²) in [6.07, 6.45) is -0.205. The number of carbonyl (C=O) groups is 1. The second-order valence-electron chi connectivity index (χ2n) is 6.17. The van der Waals surface area contributed by atoms with Gasteiger partial charge >= 0.3 is 5.97 Å². The number of carbonyl (C=O) groups excluding carboxylic acids is 1. The Labute approximate surface area is 136 Å². The Morgan fingerprint density at radius 2 is 2.13 bits per heavy atom. The van der Waals surface area contributed by atoms with E-state index < -0.39 is 27.7 Å². The third-order valence-corrected chi connectivity index (χ3v) is 5.85. The van der Waals surface area contributed by atoms with Crippen LogP contribution in [0.25, 0.3) is 0 Å². The molecule has 0 aliphatic carbocycles. The highest BCUT2D eigenvalue weighted by atomic mass is 32.2. The normalized spacial score (nSPS) is 21.0. The van der Waals surface area contributed by atoms with Crippen molar-refractivity contribution in [2.45, 2.75) is 25.9 Å². The maximum Gasteiger partial charge on any atom is 0.306 e. The van der Waals surface area contributed by atoms with Crippen LogP contribution in [0.2, 0.25) is 0 Å². The van der Waals surface area contributed by atoms with Crippen LogP contribution in [0.15, 0.2) is 18.2 Å². The second-order valence-corrected chi connectivity index (χ2v) is 8.40. The van der Waals surface area contributed by atoms with Crippen LogP contribution in [0, 0.1) is 11.7 Å². The SMILES string of the molecule is C[C@H](OC(=O)C[C@H]1CCS(=O)(=O)C1)c1c(F)cccc1N(C)C. The summed E-state index contributed by atoms with van der Waals surface area (Å²) in [5.41, 5.74) is 0.971. The van der Waals surface area contributed by atoms with Gasteiger partial charge in [-0.05, 0) is 31.4 Å². The summed E-state index contributed by atoms with van der Waals surface area (Å²) < 4.78 is 42.3. The molecule has 0 bridgehead atoms. The molecule has 128 valence electrons. The van der Waals surface area contributed by atoms with Crippen LogP contribution in [0.1, 0.15) is 31.4 Å². The molecule has 1 heterocycles. The van der Waals surface area contributed by atoms with Gasteiger partial charge in [-0.3, -0.25) is 4.79 Å². The van der Waals surface area contributed by atoms with Crippen LogP contribution in [-0.2, 0) is 19.4 Å². The molecule has 0 amide bonds. The second kappa shape index (κ2) is 6.86. The molecule has 0 aromatic heterocycles. The molecule has 5 nitrogen and oxygen atoms in total. The van der Waals surface area contributed by atoms with Gasteiger partial charge < -0.3 is 9.64 Å². The minimum atomic E-state index is -3.02. The van der Waals surface area contributed by atoms with E-state index >= 15 is 0 Å². The van der Waals surface area contributed by atoms with E-state index in [1.54, 1.807) is 38.1 Å². The number of benzene rings is 1. The van der Waals surface area contributed by atoms with E-state index in [4.69, 9.17) is 4.74 Å². The summed E-state index contributed by atoms with van der Waals surface area (Å²) in [6, 6.07) is 4.69. The molecule has 1 saturated heterocycles. The fourth-order valence-corrected chi connectivity index (χ4v) is 4.75. The molecule has 0 spiro atoms. The quantitative estimate of drug-likeness (QED) is 0.768.